The van der Waals surface area contributed by atoms with E-state index in [1.165, 1.54) is 22.5 Å². The average Bonchev–Trinajstić information content (AvgIpc) is 2.72. The third-order valence-electron chi connectivity index (χ3n) is 4.97. The molecule has 1 heterocycles. The second-order valence-corrected chi connectivity index (χ2v) is 8.97. The number of benzene rings is 2. The summed E-state index contributed by atoms with van der Waals surface area (Å²) in [6.07, 6.45) is 1.02. The quantitative estimate of drug-likeness (QED) is 0.531. The van der Waals surface area contributed by atoms with Crippen molar-refractivity contribution in [2.45, 2.75) is 24.7 Å². The van der Waals surface area contributed by atoms with Crippen LogP contribution in [0.3, 0.4) is 0 Å². The lowest BCUT2D eigenvalue weighted by Gasteiger charge is -2.34. The number of hydrogen-bond acceptors (Lipinski definition) is 5. The summed E-state index contributed by atoms with van der Waals surface area (Å²) in [4.78, 5) is 24.3. The normalized spacial score (nSPS) is 15.3. The van der Waals surface area contributed by atoms with E-state index >= 15 is 0 Å². The van der Waals surface area contributed by atoms with Gasteiger partial charge in [0.15, 0.2) is 0 Å². The highest BCUT2D eigenvalue weighted by atomic mass is 32.2. The molecule has 0 bridgehead atoms. The van der Waals surface area contributed by atoms with Crippen LogP contribution in [0.1, 0.15) is 17.5 Å². The van der Waals surface area contributed by atoms with Gasteiger partial charge in [-0.1, -0.05) is 35.9 Å². The van der Waals surface area contributed by atoms with Crippen molar-refractivity contribution in [3.8, 4) is 0 Å². The summed E-state index contributed by atoms with van der Waals surface area (Å²) >= 11 is 0. The van der Waals surface area contributed by atoms with Crippen molar-refractivity contribution in [2.24, 2.45) is 0 Å². The summed E-state index contributed by atoms with van der Waals surface area (Å²) in [6, 6.07) is 13.0. The molecule has 29 heavy (non-hydrogen) atoms. The molecule has 9 heteroatoms. The average molecular weight is 417 g/mol. The molecule has 154 valence electrons. The van der Waals surface area contributed by atoms with Crippen LogP contribution in [-0.4, -0.2) is 54.6 Å². The minimum absolute atomic E-state index is 0.00102. The van der Waals surface area contributed by atoms with Gasteiger partial charge < -0.3 is 4.90 Å². The lowest BCUT2D eigenvalue weighted by molar-refractivity contribution is -0.385. The van der Waals surface area contributed by atoms with Crippen LogP contribution < -0.4 is 0 Å². The van der Waals surface area contributed by atoms with Crippen LogP contribution in [-0.2, 0) is 21.2 Å². The molecule has 2 aromatic rings. The molecule has 1 aliphatic rings. The van der Waals surface area contributed by atoms with E-state index in [4.69, 9.17) is 0 Å². The van der Waals surface area contributed by atoms with Gasteiger partial charge in [-0.2, -0.15) is 4.31 Å². The molecule has 0 N–H and O–H groups in total. The standard InChI is InChI=1S/C20H23N3O5S/c1-16-4-2-5-17(14-16)8-9-20(24)21-10-12-22(13-11-21)29(27,28)19-7-3-6-18(15-19)23(25)26/h2-7,14-15H,8-13H2,1H3. The molecule has 3 rings (SSSR count). The number of rotatable bonds is 6. The van der Waals surface area contributed by atoms with Crippen LogP contribution in [0.5, 0.6) is 0 Å². The van der Waals surface area contributed by atoms with Crippen LogP contribution in [0.4, 0.5) is 5.69 Å². The van der Waals surface area contributed by atoms with E-state index in [2.05, 4.69) is 6.07 Å². The Labute approximate surface area is 169 Å². The van der Waals surface area contributed by atoms with Gasteiger partial charge in [-0.3, -0.25) is 14.9 Å². The van der Waals surface area contributed by atoms with Gasteiger partial charge in [0.2, 0.25) is 15.9 Å². The fraction of sp³-hybridized carbons (Fsp3) is 0.350. The molecule has 0 saturated carbocycles. The van der Waals surface area contributed by atoms with Gasteiger partial charge in [-0.25, -0.2) is 8.42 Å². The van der Waals surface area contributed by atoms with Crippen LogP contribution in [0.25, 0.3) is 0 Å². The number of sulfonamides is 1. The molecular formula is C20H23N3O5S. The molecule has 1 amide bonds. The Morgan fingerprint density at radius 3 is 2.41 bits per heavy atom. The van der Waals surface area contributed by atoms with Crippen molar-refractivity contribution in [2.75, 3.05) is 26.2 Å². The van der Waals surface area contributed by atoms with Gasteiger partial charge in [0.25, 0.3) is 5.69 Å². The van der Waals surface area contributed by atoms with E-state index in [1.54, 1.807) is 4.90 Å². The van der Waals surface area contributed by atoms with Gasteiger partial charge in [-0.15, -0.1) is 0 Å². The molecule has 0 aromatic heterocycles. The van der Waals surface area contributed by atoms with Crippen molar-refractivity contribution in [1.29, 1.82) is 0 Å². The van der Waals surface area contributed by atoms with E-state index < -0.39 is 14.9 Å². The molecule has 0 unspecified atom stereocenters. The van der Waals surface area contributed by atoms with E-state index in [-0.39, 0.29) is 29.6 Å². The summed E-state index contributed by atoms with van der Waals surface area (Å²) in [5, 5.41) is 10.9. The van der Waals surface area contributed by atoms with Crippen LogP contribution in [0.15, 0.2) is 53.4 Å². The van der Waals surface area contributed by atoms with Gasteiger partial charge in [0, 0.05) is 44.7 Å². The fourth-order valence-electron chi connectivity index (χ4n) is 3.36. The summed E-state index contributed by atoms with van der Waals surface area (Å²) in [7, 11) is -3.84. The first-order chi connectivity index (χ1) is 13.8. The molecule has 2 aromatic carbocycles. The Morgan fingerprint density at radius 1 is 1.07 bits per heavy atom. The summed E-state index contributed by atoms with van der Waals surface area (Å²) in [6.45, 7) is 2.95. The lowest BCUT2D eigenvalue weighted by atomic mass is 10.1. The largest absolute Gasteiger partial charge is 0.340 e. The number of aryl methyl sites for hydroxylation is 2. The highest BCUT2D eigenvalue weighted by molar-refractivity contribution is 7.89. The SMILES string of the molecule is Cc1cccc(CCC(=O)N2CCN(S(=O)(=O)c3cccc([N+](=O)[O-])c3)CC2)c1. The lowest BCUT2D eigenvalue weighted by Crippen LogP contribution is -2.50. The van der Waals surface area contributed by atoms with Crippen molar-refractivity contribution in [1.82, 2.24) is 9.21 Å². The summed E-state index contributed by atoms with van der Waals surface area (Å²) < 4.78 is 26.8. The maximum absolute atomic E-state index is 12.8. The van der Waals surface area contributed by atoms with Crippen molar-refractivity contribution < 1.29 is 18.1 Å². The third kappa shape index (κ3) is 4.99. The zero-order valence-electron chi connectivity index (χ0n) is 16.2. The van der Waals surface area contributed by atoms with Gasteiger partial charge in [0.1, 0.15) is 0 Å². The topological polar surface area (TPSA) is 101 Å². The van der Waals surface area contributed by atoms with Crippen LogP contribution >= 0.6 is 0 Å². The molecular weight excluding hydrogens is 394 g/mol. The molecule has 1 fully saturated rings. The number of nitro groups is 1. The number of nitro benzene ring substituents is 1. The Balaban J connectivity index is 1.58. The van der Waals surface area contributed by atoms with E-state index in [0.29, 0.717) is 25.9 Å². The Kier molecular flexibility index (Phi) is 6.29. The molecule has 0 aliphatic carbocycles. The Hall–Kier alpha value is -2.78. The van der Waals surface area contributed by atoms with Crippen molar-refractivity contribution in [3.05, 3.63) is 69.8 Å². The minimum atomic E-state index is -3.84. The highest BCUT2D eigenvalue weighted by Gasteiger charge is 2.30. The maximum Gasteiger partial charge on any atom is 0.270 e. The minimum Gasteiger partial charge on any atom is -0.340 e. The van der Waals surface area contributed by atoms with Crippen LogP contribution in [0, 0.1) is 17.0 Å². The molecule has 0 radical (unpaired) electrons. The van der Waals surface area contributed by atoms with E-state index in [9.17, 15) is 23.3 Å². The number of piperazine rings is 1. The predicted octanol–water partition coefficient (Wildman–Crippen LogP) is 2.37. The second-order valence-electron chi connectivity index (χ2n) is 7.03. The predicted molar refractivity (Wildman–Crippen MR) is 108 cm³/mol. The zero-order chi connectivity index (χ0) is 21.0. The number of hydrogen-bond donors (Lipinski definition) is 0. The first-order valence-electron chi connectivity index (χ1n) is 9.35. The first kappa shape index (κ1) is 20.9. The fourth-order valence-corrected chi connectivity index (χ4v) is 4.82. The molecule has 0 spiro atoms. The van der Waals surface area contributed by atoms with Gasteiger partial charge >= 0.3 is 0 Å². The monoisotopic (exact) mass is 417 g/mol. The third-order valence-corrected chi connectivity index (χ3v) is 6.86. The Bertz CT molecular complexity index is 1010. The molecule has 8 nitrogen and oxygen atoms in total. The number of non-ortho nitro benzene ring substituents is 1. The second kappa shape index (κ2) is 8.71. The number of carbonyl (C=O) groups excluding carboxylic acids is 1. The maximum atomic E-state index is 12.8. The Morgan fingerprint density at radius 2 is 1.76 bits per heavy atom. The summed E-state index contributed by atoms with van der Waals surface area (Å²) in [5.41, 5.74) is 1.98. The number of amides is 1. The zero-order valence-corrected chi connectivity index (χ0v) is 17.0. The van der Waals surface area contributed by atoms with Crippen molar-refractivity contribution in [3.63, 3.8) is 0 Å². The van der Waals surface area contributed by atoms with Crippen LogP contribution in [0.2, 0.25) is 0 Å². The molecule has 1 aliphatic heterocycles. The van der Waals surface area contributed by atoms with E-state index in [0.717, 1.165) is 17.2 Å². The number of nitrogens with zero attached hydrogens (tertiary/aromatic N) is 3. The van der Waals surface area contributed by atoms with Gasteiger partial charge in [-0.05, 0) is 25.0 Å². The first-order valence-corrected chi connectivity index (χ1v) is 10.8. The summed E-state index contributed by atoms with van der Waals surface area (Å²) in [5.74, 6) is -0.00102. The molecule has 1 saturated heterocycles. The van der Waals surface area contributed by atoms with Gasteiger partial charge in [0.05, 0.1) is 9.82 Å². The highest BCUT2D eigenvalue weighted by Crippen LogP contribution is 2.22. The number of carbonyl (C=O) groups is 1. The van der Waals surface area contributed by atoms with Crippen molar-refractivity contribution >= 4 is 21.6 Å². The van der Waals surface area contributed by atoms with E-state index in [1.807, 2.05) is 25.1 Å². The molecule has 0 atom stereocenters. The smallest absolute Gasteiger partial charge is 0.270 e.